The summed E-state index contributed by atoms with van der Waals surface area (Å²) in [4.78, 5) is 16.2. The van der Waals surface area contributed by atoms with Crippen LogP contribution in [0.3, 0.4) is 0 Å². The number of fused-ring (bicyclic) bond motifs is 1. The number of carbonyl (C=O) groups excluding carboxylic acids is 1. The number of para-hydroxylation sites is 3. The molecule has 4 aromatic rings. The molecule has 0 bridgehead atoms. The number of hydrogen-bond acceptors (Lipinski definition) is 3. The molecule has 4 rings (SSSR count). The molecular weight excluding hydrogens is 326 g/mol. The van der Waals surface area contributed by atoms with E-state index in [2.05, 4.69) is 4.98 Å². The van der Waals surface area contributed by atoms with Gasteiger partial charge in [0.15, 0.2) is 0 Å². The van der Waals surface area contributed by atoms with E-state index in [-0.39, 0.29) is 6.54 Å². The Kier molecular flexibility index (Phi) is 4.11. The van der Waals surface area contributed by atoms with E-state index in [0.29, 0.717) is 11.6 Å². The lowest BCUT2D eigenvalue weighted by molar-refractivity contribution is -0.118. The van der Waals surface area contributed by atoms with Gasteiger partial charge in [0.2, 0.25) is 5.91 Å². The SMILES string of the molecule is NC(=O)Cn1c(-c2cccc(Oc3ccccc3)c2)nc2ccccc21. The molecule has 5 nitrogen and oxygen atoms in total. The van der Waals surface area contributed by atoms with E-state index in [0.717, 1.165) is 22.3 Å². The second-order valence-electron chi connectivity index (χ2n) is 5.92. The normalized spacial score (nSPS) is 10.8. The number of carbonyl (C=O) groups is 1. The maximum absolute atomic E-state index is 11.6. The Morgan fingerprint density at radius 2 is 1.65 bits per heavy atom. The second kappa shape index (κ2) is 6.72. The van der Waals surface area contributed by atoms with Crippen LogP contribution in [0.1, 0.15) is 0 Å². The Morgan fingerprint density at radius 3 is 2.46 bits per heavy atom. The van der Waals surface area contributed by atoms with Crippen LogP contribution >= 0.6 is 0 Å². The van der Waals surface area contributed by atoms with Gasteiger partial charge >= 0.3 is 0 Å². The molecule has 128 valence electrons. The molecule has 0 radical (unpaired) electrons. The molecule has 0 aliphatic rings. The Bertz CT molecular complexity index is 1070. The van der Waals surface area contributed by atoms with Crippen molar-refractivity contribution in [2.45, 2.75) is 6.54 Å². The van der Waals surface area contributed by atoms with Crippen LogP contribution < -0.4 is 10.5 Å². The van der Waals surface area contributed by atoms with Gasteiger partial charge in [-0.05, 0) is 36.4 Å². The lowest BCUT2D eigenvalue weighted by Gasteiger charge is -2.09. The first-order chi connectivity index (χ1) is 12.7. The number of ether oxygens (including phenoxy) is 1. The number of rotatable bonds is 5. The summed E-state index contributed by atoms with van der Waals surface area (Å²) >= 11 is 0. The third kappa shape index (κ3) is 3.15. The van der Waals surface area contributed by atoms with Gasteiger partial charge < -0.3 is 15.0 Å². The van der Waals surface area contributed by atoms with Crippen molar-refractivity contribution in [3.63, 3.8) is 0 Å². The van der Waals surface area contributed by atoms with E-state index in [9.17, 15) is 4.79 Å². The fourth-order valence-corrected chi connectivity index (χ4v) is 2.94. The van der Waals surface area contributed by atoms with E-state index >= 15 is 0 Å². The van der Waals surface area contributed by atoms with Crippen LogP contribution in [0.15, 0.2) is 78.9 Å². The molecule has 0 spiro atoms. The maximum atomic E-state index is 11.6. The zero-order valence-electron chi connectivity index (χ0n) is 14.0. The fraction of sp³-hybridized carbons (Fsp3) is 0.0476. The fourth-order valence-electron chi connectivity index (χ4n) is 2.94. The van der Waals surface area contributed by atoms with E-state index in [1.54, 1.807) is 0 Å². The Balaban J connectivity index is 1.78. The first-order valence-electron chi connectivity index (χ1n) is 8.27. The van der Waals surface area contributed by atoms with Gasteiger partial charge in [0.05, 0.1) is 11.0 Å². The van der Waals surface area contributed by atoms with Gasteiger partial charge in [-0.2, -0.15) is 0 Å². The summed E-state index contributed by atoms with van der Waals surface area (Å²) in [6.07, 6.45) is 0. The minimum atomic E-state index is -0.411. The average molecular weight is 343 g/mol. The molecular formula is C21H17N3O2. The zero-order chi connectivity index (χ0) is 17.9. The summed E-state index contributed by atoms with van der Waals surface area (Å²) in [6, 6.07) is 24.9. The van der Waals surface area contributed by atoms with Crippen molar-refractivity contribution in [1.82, 2.24) is 9.55 Å². The summed E-state index contributed by atoms with van der Waals surface area (Å²) in [5.41, 5.74) is 7.99. The van der Waals surface area contributed by atoms with Crippen LogP contribution in [0.4, 0.5) is 0 Å². The number of imidazole rings is 1. The van der Waals surface area contributed by atoms with Crippen molar-refractivity contribution >= 4 is 16.9 Å². The van der Waals surface area contributed by atoms with Crippen LogP contribution in [0.2, 0.25) is 0 Å². The highest BCUT2D eigenvalue weighted by Gasteiger charge is 2.14. The van der Waals surface area contributed by atoms with E-state index in [1.165, 1.54) is 0 Å². The molecule has 1 aromatic heterocycles. The largest absolute Gasteiger partial charge is 0.457 e. The van der Waals surface area contributed by atoms with Crippen LogP contribution in [-0.4, -0.2) is 15.5 Å². The second-order valence-corrected chi connectivity index (χ2v) is 5.92. The summed E-state index contributed by atoms with van der Waals surface area (Å²) in [5, 5.41) is 0. The predicted molar refractivity (Wildman–Crippen MR) is 101 cm³/mol. The minimum absolute atomic E-state index is 0.0691. The first kappa shape index (κ1) is 15.9. The predicted octanol–water partition coefficient (Wildman–Crippen LogP) is 3.98. The van der Waals surface area contributed by atoms with Gasteiger partial charge in [-0.25, -0.2) is 4.98 Å². The molecule has 0 unspecified atom stereocenters. The summed E-state index contributed by atoms with van der Waals surface area (Å²) in [7, 11) is 0. The summed E-state index contributed by atoms with van der Waals surface area (Å²) in [6.45, 7) is 0.0691. The third-order valence-electron chi connectivity index (χ3n) is 4.04. The standard InChI is InChI=1S/C21H17N3O2/c22-20(25)14-24-19-12-5-4-11-18(19)23-21(24)15-7-6-10-17(13-15)26-16-8-2-1-3-9-16/h1-13H,14H2,(H2,22,25). The molecule has 1 heterocycles. The van der Waals surface area contributed by atoms with Crippen molar-refractivity contribution in [2.24, 2.45) is 5.73 Å². The molecule has 0 saturated heterocycles. The highest BCUT2D eigenvalue weighted by atomic mass is 16.5. The third-order valence-corrected chi connectivity index (χ3v) is 4.04. The number of amides is 1. The van der Waals surface area contributed by atoms with E-state index in [4.69, 9.17) is 10.5 Å². The van der Waals surface area contributed by atoms with Crippen molar-refractivity contribution in [1.29, 1.82) is 0 Å². The molecule has 2 N–H and O–H groups in total. The van der Waals surface area contributed by atoms with Gasteiger partial charge in [0.1, 0.15) is 23.9 Å². The van der Waals surface area contributed by atoms with Crippen molar-refractivity contribution in [2.75, 3.05) is 0 Å². The Morgan fingerprint density at radius 1 is 0.923 bits per heavy atom. The average Bonchev–Trinajstić information content (AvgIpc) is 3.01. The molecule has 0 saturated carbocycles. The highest BCUT2D eigenvalue weighted by molar-refractivity contribution is 5.84. The molecule has 3 aromatic carbocycles. The van der Waals surface area contributed by atoms with E-state index in [1.807, 2.05) is 83.4 Å². The van der Waals surface area contributed by atoms with Gasteiger partial charge in [-0.1, -0.05) is 42.5 Å². The smallest absolute Gasteiger partial charge is 0.237 e. The molecule has 0 aliphatic heterocycles. The molecule has 1 amide bonds. The number of benzene rings is 3. The lowest BCUT2D eigenvalue weighted by atomic mass is 10.2. The number of hydrogen-bond donors (Lipinski definition) is 1. The Labute approximate surface area is 150 Å². The molecule has 0 fully saturated rings. The zero-order valence-corrected chi connectivity index (χ0v) is 14.0. The lowest BCUT2D eigenvalue weighted by Crippen LogP contribution is -2.19. The summed E-state index contributed by atoms with van der Waals surface area (Å²) < 4.78 is 7.74. The van der Waals surface area contributed by atoms with Crippen molar-refractivity contribution < 1.29 is 9.53 Å². The van der Waals surface area contributed by atoms with Crippen LogP contribution in [0.5, 0.6) is 11.5 Å². The van der Waals surface area contributed by atoms with Crippen molar-refractivity contribution in [3.05, 3.63) is 78.9 Å². The van der Waals surface area contributed by atoms with Crippen LogP contribution in [0.25, 0.3) is 22.4 Å². The van der Waals surface area contributed by atoms with Crippen LogP contribution in [0, 0.1) is 0 Å². The monoisotopic (exact) mass is 343 g/mol. The molecule has 0 atom stereocenters. The van der Waals surface area contributed by atoms with Gasteiger partial charge in [0.25, 0.3) is 0 Å². The Hall–Kier alpha value is -3.60. The van der Waals surface area contributed by atoms with Crippen molar-refractivity contribution in [3.8, 4) is 22.9 Å². The number of nitrogens with two attached hydrogens (primary N) is 1. The summed E-state index contributed by atoms with van der Waals surface area (Å²) in [5.74, 6) is 1.73. The van der Waals surface area contributed by atoms with E-state index < -0.39 is 5.91 Å². The van der Waals surface area contributed by atoms with Crippen LogP contribution in [-0.2, 0) is 11.3 Å². The maximum Gasteiger partial charge on any atom is 0.237 e. The molecule has 26 heavy (non-hydrogen) atoms. The molecule has 5 heteroatoms. The quantitative estimate of drug-likeness (QED) is 0.596. The van der Waals surface area contributed by atoms with Gasteiger partial charge in [-0.15, -0.1) is 0 Å². The molecule has 0 aliphatic carbocycles. The topological polar surface area (TPSA) is 70.1 Å². The number of nitrogens with zero attached hydrogens (tertiary/aromatic N) is 2. The van der Waals surface area contributed by atoms with Gasteiger partial charge in [0, 0.05) is 5.56 Å². The van der Waals surface area contributed by atoms with Gasteiger partial charge in [-0.3, -0.25) is 4.79 Å². The highest BCUT2D eigenvalue weighted by Crippen LogP contribution is 2.29. The first-order valence-corrected chi connectivity index (χ1v) is 8.27. The number of aromatic nitrogens is 2. The number of primary amides is 1. The minimum Gasteiger partial charge on any atom is -0.457 e.